The van der Waals surface area contributed by atoms with E-state index in [1.807, 2.05) is 24.5 Å². The Bertz CT molecular complexity index is 2090. The van der Waals surface area contributed by atoms with E-state index in [2.05, 4.69) is 121 Å². The van der Waals surface area contributed by atoms with Crippen LogP contribution in [-0.4, -0.2) is 9.97 Å². The Morgan fingerprint density at radius 2 is 0.810 bits per heavy atom. The molecule has 200 valence electrons. The first-order valence-corrected chi connectivity index (χ1v) is 13.9. The second-order valence-corrected chi connectivity index (χ2v) is 10.5. The van der Waals surface area contributed by atoms with Crippen molar-refractivity contribution in [2.24, 2.45) is 0 Å². The molecule has 0 radical (unpaired) electrons. The zero-order chi connectivity index (χ0) is 27.2. The Labute approximate surface area is 259 Å². The number of benzene rings is 6. The summed E-state index contributed by atoms with van der Waals surface area (Å²) < 4.78 is 0. The molecule has 0 bridgehead atoms. The Hall–Kier alpha value is -4.65. The maximum Gasteiger partial charge on any atom is 2.00 e. The van der Waals surface area contributed by atoms with E-state index in [0.29, 0.717) is 6.42 Å². The van der Waals surface area contributed by atoms with Crippen molar-refractivity contribution < 1.29 is 21.1 Å². The maximum absolute atomic E-state index is 4.81. The van der Waals surface area contributed by atoms with E-state index >= 15 is 0 Å². The van der Waals surface area contributed by atoms with Crippen LogP contribution in [0.3, 0.4) is 0 Å². The number of fused-ring (bicyclic) bond motifs is 4. The van der Waals surface area contributed by atoms with Gasteiger partial charge in [-0.15, -0.1) is 57.3 Å². The van der Waals surface area contributed by atoms with Gasteiger partial charge < -0.3 is 9.97 Å². The van der Waals surface area contributed by atoms with Gasteiger partial charge in [0, 0.05) is 12.4 Å². The molecule has 2 aromatic heterocycles. The summed E-state index contributed by atoms with van der Waals surface area (Å²) >= 11 is 0. The van der Waals surface area contributed by atoms with Gasteiger partial charge in [-0.05, 0) is 39.4 Å². The molecule has 0 aliphatic rings. The normalized spacial score (nSPS) is 11.2. The molecule has 42 heavy (non-hydrogen) atoms. The van der Waals surface area contributed by atoms with Crippen LogP contribution >= 0.6 is 0 Å². The molecule has 0 amide bonds. The first kappa shape index (κ1) is 26.3. The second kappa shape index (κ2) is 11.0. The van der Waals surface area contributed by atoms with Gasteiger partial charge in [0.1, 0.15) is 0 Å². The second-order valence-electron chi connectivity index (χ2n) is 10.5. The minimum atomic E-state index is 0. The number of nitrogens with zero attached hydrogens (tertiary/aromatic N) is 2. The monoisotopic (exact) mass is 715 g/mol. The summed E-state index contributed by atoms with van der Waals surface area (Å²) in [7, 11) is 0. The Balaban J connectivity index is 0.00000288. The third-order valence-corrected chi connectivity index (χ3v) is 7.91. The van der Waals surface area contributed by atoms with Crippen molar-refractivity contribution in [1.29, 1.82) is 0 Å². The molecule has 0 saturated heterocycles. The summed E-state index contributed by atoms with van der Waals surface area (Å²) in [5, 5.41) is 9.39. The molecule has 0 aliphatic carbocycles. The SMILES string of the molecule is [Pt+2].[c-]1c(-c2cc3ccccc3cn2)cc2ccccc2c1Cc1[c-]c(-c2cc3ccccc3cn2)cc2ccccc12. The number of aromatic nitrogens is 2. The van der Waals surface area contributed by atoms with Crippen LogP contribution in [0.15, 0.2) is 134 Å². The molecular weight excluding hydrogens is 692 g/mol. The fraction of sp³-hybridized carbons (Fsp3) is 0.0256. The third kappa shape index (κ3) is 4.79. The van der Waals surface area contributed by atoms with E-state index in [9.17, 15) is 0 Å². The van der Waals surface area contributed by atoms with Crippen LogP contribution in [0.1, 0.15) is 11.1 Å². The first-order valence-electron chi connectivity index (χ1n) is 13.9. The van der Waals surface area contributed by atoms with Gasteiger partial charge in [0.05, 0.1) is 0 Å². The van der Waals surface area contributed by atoms with Crippen molar-refractivity contribution in [1.82, 2.24) is 9.97 Å². The zero-order valence-corrected chi connectivity index (χ0v) is 24.9. The Kier molecular flexibility index (Phi) is 6.86. The smallest absolute Gasteiger partial charge is 0.304 e. The number of hydrogen-bond acceptors (Lipinski definition) is 2. The molecule has 0 unspecified atom stereocenters. The number of rotatable bonds is 4. The fourth-order valence-electron chi connectivity index (χ4n) is 5.83. The van der Waals surface area contributed by atoms with E-state index in [-0.39, 0.29) is 21.1 Å². The molecule has 0 fully saturated rings. The van der Waals surface area contributed by atoms with Crippen LogP contribution in [0.4, 0.5) is 0 Å². The van der Waals surface area contributed by atoms with Crippen LogP contribution < -0.4 is 0 Å². The first-order chi connectivity index (χ1) is 20.3. The van der Waals surface area contributed by atoms with E-state index in [1.165, 1.54) is 32.3 Å². The quantitative estimate of drug-likeness (QED) is 0.170. The molecule has 2 heterocycles. The molecule has 0 saturated carbocycles. The van der Waals surface area contributed by atoms with Gasteiger partial charge in [-0.3, -0.25) is 0 Å². The van der Waals surface area contributed by atoms with Crippen molar-refractivity contribution in [3.05, 3.63) is 157 Å². The predicted molar refractivity (Wildman–Crippen MR) is 170 cm³/mol. The zero-order valence-electron chi connectivity index (χ0n) is 22.6. The summed E-state index contributed by atoms with van der Waals surface area (Å²) in [6, 6.07) is 50.1. The minimum Gasteiger partial charge on any atom is -0.304 e. The molecule has 2 nitrogen and oxygen atoms in total. The molecule has 0 spiro atoms. The van der Waals surface area contributed by atoms with E-state index in [4.69, 9.17) is 9.97 Å². The summed E-state index contributed by atoms with van der Waals surface area (Å²) in [5.41, 5.74) is 6.13. The molecule has 8 rings (SSSR count). The molecule has 0 N–H and O–H groups in total. The molecule has 8 aromatic rings. The topological polar surface area (TPSA) is 25.8 Å². The van der Waals surface area contributed by atoms with Gasteiger partial charge in [-0.1, -0.05) is 120 Å². The summed E-state index contributed by atoms with van der Waals surface area (Å²) in [4.78, 5) is 9.63. The van der Waals surface area contributed by atoms with E-state index in [0.717, 1.165) is 44.4 Å². The standard InChI is InChI=1S/C39H24N2.Pt/c1-3-13-30-24-40-38(22-26(30)9-1)34-17-28-11-5-7-15-36(28)32(20-34)19-33-21-35(18-29-12-6-8-16-37(29)33)39-23-27-10-2-4-14-31(27)25-41-39;/h1-18,22-25H,19H2;/q-2;+2. The third-order valence-electron chi connectivity index (χ3n) is 7.91. The number of pyridine rings is 2. The van der Waals surface area contributed by atoms with E-state index < -0.39 is 0 Å². The van der Waals surface area contributed by atoms with Gasteiger partial charge in [-0.25, -0.2) is 0 Å². The molecule has 0 atom stereocenters. The maximum atomic E-state index is 4.81. The molecule has 6 aromatic carbocycles. The largest absolute Gasteiger partial charge is 2.00 e. The van der Waals surface area contributed by atoms with Crippen LogP contribution in [0.25, 0.3) is 65.6 Å². The van der Waals surface area contributed by atoms with Crippen molar-refractivity contribution in [3.63, 3.8) is 0 Å². The molecule has 3 heteroatoms. The van der Waals surface area contributed by atoms with Gasteiger partial charge in [0.25, 0.3) is 0 Å². The van der Waals surface area contributed by atoms with Crippen molar-refractivity contribution in [2.45, 2.75) is 6.42 Å². The van der Waals surface area contributed by atoms with Gasteiger partial charge >= 0.3 is 21.1 Å². The predicted octanol–water partition coefficient (Wildman–Crippen LogP) is 9.61. The molecular formula is C39H24N2Pt. The number of hydrogen-bond donors (Lipinski definition) is 0. The average Bonchev–Trinajstić information content (AvgIpc) is 3.04. The molecule has 0 aliphatic heterocycles. The minimum absolute atomic E-state index is 0. The van der Waals surface area contributed by atoms with Gasteiger partial charge in [0.15, 0.2) is 0 Å². The van der Waals surface area contributed by atoms with E-state index in [1.54, 1.807) is 0 Å². The van der Waals surface area contributed by atoms with Crippen LogP contribution in [0.2, 0.25) is 0 Å². The summed E-state index contributed by atoms with van der Waals surface area (Å²) in [6.07, 6.45) is 4.60. The van der Waals surface area contributed by atoms with Crippen molar-refractivity contribution >= 4 is 43.1 Å². The summed E-state index contributed by atoms with van der Waals surface area (Å²) in [6.45, 7) is 0. The van der Waals surface area contributed by atoms with Crippen molar-refractivity contribution in [3.8, 4) is 22.5 Å². The van der Waals surface area contributed by atoms with Crippen LogP contribution in [0, 0.1) is 12.1 Å². The summed E-state index contributed by atoms with van der Waals surface area (Å²) in [5.74, 6) is 0. The van der Waals surface area contributed by atoms with Crippen molar-refractivity contribution in [2.75, 3.05) is 0 Å². The van der Waals surface area contributed by atoms with Crippen LogP contribution in [-0.2, 0) is 27.5 Å². The average molecular weight is 716 g/mol. The fourth-order valence-corrected chi connectivity index (χ4v) is 5.83. The van der Waals surface area contributed by atoms with Gasteiger partial charge in [0.2, 0.25) is 0 Å². The Morgan fingerprint density at radius 1 is 0.429 bits per heavy atom. The van der Waals surface area contributed by atoms with Crippen LogP contribution in [0.5, 0.6) is 0 Å². The Morgan fingerprint density at radius 3 is 1.26 bits per heavy atom. The van der Waals surface area contributed by atoms with Gasteiger partial charge in [-0.2, -0.15) is 0 Å².